The maximum Gasteiger partial charge on any atom is 0.416 e. The van der Waals surface area contributed by atoms with Gasteiger partial charge >= 0.3 is 6.18 Å². The van der Waals surface area contributed by atoms with E-state index in [1.165, 1.54) is 12.1 Å². The number of anilines is 6. The van der Waals surface area contributed by atoms with Crippen LogP contribution in [-0.2, 0) is 6.18 Å². The van der Waals surface area contributed by atoms with Crippen molar-refractivity contribution in [3.8, 4) is 6.07 Å². The standard InChI is InChI=1S/C42H26F3N3/c43-42(44,45)31-17-21-35(22-18-31)48(33-9-5-2-6-10-33)39-26-16-30-13-23-36-38(25-15-29-14-24-37(39)41(30)40(29)36)47(32-7-3-1-4-8-32)34-19-11-28(27-46)12-20-34/h1-26H. The lowest BCUT2D eigenvalue weighted by Gasteiger charge is -2.29. The summed E-state index contributed by atoms with van der Waals surface area (Å²) < 4.78 is 40.5. The summed E-state index contributed by atoms with van der Waals surface area (Å²) in [6.45, 7) is 0. The zero-order valence-electron chi connectivity index (χ0n) is 25.5. The van der Waals surface area contributed by atoms with Crippen molar-refractivity contribution >= 4 is 66.4 Å². The molecule has 8 aromatic carbocycles. The summed E-state index contributed by atoms with van der Waals surface area (Å²) in [5, 5.41) is 15.8. The number of nitrogens with zero attached hydrogens (tertiary/aromatic N) is 3. The van der Waals surface area contributed by atoms with Crippen LogP contribution in [0.4, 0.5) is 47.3 Å². The molecule has 8 aromatic rings. The van der Waals surface area contributed by atoms with Gasteiger partial charge in [-0.15, -0.1) is 0 Å². The summed E-state index contributed by atoms with van der Waals surface area (Å²) in [6.07, 6.45) is -4.42. The van der Waals surface area contributed by atoms with Gasteiger partial charge in [-0.25, -0.2) is 0 Å². The van der Waals surface area contributed by atoms with E-state index < -0.39 is 11.7 Å². The zero-order chi connectivity index (χ0) is 32.8. The van der Waals surface area contributed by atoms with Crippen molar-refractivity contribution in [3.63, 3.8) is 0 Å². The Morgan fingerprint density at radius 3 is 1.25 bits per heavy atom. The minimum Gasteiger partial charge on any atom is -0.310 e. The fourth-order valence-electron chi connectivity index (χ4n) is 6.65. The van der Waals surface area contributed by atoms with Crippen molar-refractivity contribution in [1.29, 1.82) is 5.26 Å². The van der Waals surface area contributed by atoms with E-state index in [9.17, 15) is 18.4 Å². The summed E-state index contributed by atoms with van der Waals surface area (Å²) in [4.78, 5) is 4.21. The van der Waals surface area contributed by atoms with Gasteiger partial charge < -0.3 is 9.80 Å². The van der Waals surface area contributed by atoms with Crippen LogP contribution in [0.25, 0.3) is 32.3 Å². The van der Waals surface area contributed by atoms with Crippen LogP contribution in [0.2, 0.25) is 0 Å². The summed E-state index contributed by atoms with van der Waals surface area (Å²) in [5.41, 5.74) is 5.12. The smallest absolute Gasteiger partial charge is 0.310 e. The second kappa shape index (κ2) is 11.5. The van der Waals surface area contributed by atoms with Crippen molar-refractivity contribution in [3.05, 3.63) is 169 Å². The van der Waals surface area contributed by atoms with Gasteiger partial charge in [-0.2, -0.15) is 18.4 Å². The van der Waals surface area contributed by atoms with Gasteiger partial charge in [0.1, 0.15) is 0 Å². The summed E-state index contributed by atoms with van der Waals surface area (Å²) in [5.74, 6) is 0. The van der Waals surface area contributed by atoms with Gasteiger partial charge in [-0.05, 0) is 106 Å². The lowest BCUT2D eigenvalue weighted by molar-refractivity contribution is -0.137. The van der Waals surface area contributed by atoms with E-state index in [4.69, 9.17) is 0 Å². The van der Waals surface area contributed by atoms with Crippen LogP contribution in [0, 0.1) is 11.3 Å². The van der Waals surface area contributed by atoms with E-state index >= 15 is 0 Å². The van der Waals surface area contributed by atoms with Crippen LogP contribution < -0.4 is 9.80 Å². The first-order chi connectivity index (χ1) is 23.4. The van der Waals surface area contributed by atoms with E-state index in [1.807, 2.05) is 83.8 Å². The molecule has 6 heteroatoms. The molecule has 0 spiro atoms. The molecule has 0 amide bonds. The van der Waals surface area contributed by atoms with Gasteiger partial charge in [0.05, 0.1) is 28.6 Å². The number of alkyl halides is 3. The third-order valence-corrected chi connectivity index (χ3v) is 8.84. The highest BCUT2D eigenvalue weighted by Crippen LogP contribution is 2.47. The van der Waals surface area contributed by atoms with Crippen molar-refractivity contribution in [2.24, 2.45) is 0 Å². The first-order valence-electron chi connectivity index (χ1n) is 15.5. The Balaban J connectivity index is 1.37. The number of rotatable bonds is 6. The summed E-state index contributed by atoms with van der Waals surface area (Å²) >= 11 is 0. The van der Waals surface area contributed by atoms with Crippen LogP contribution >= 0.6 is 0 Å². The largest absolute Gasteiger partial charge is 0.416 e. The molecule has 0 bridgehead atoms. The van der Waals surface area contributed by atoms with Crippen LogP contribution in [0.3, 0.4) is 0 Å². The summed E-state index contributed by atoms with van der Waals surface area (Å²) in [6, 6.07) is 51.8. The van der Waals surface area contributed by atoms with Crippen LogP contribution in [0.1, 0.15) is 11.1 Å². The molecule has 0 saturated heterocycles. The highest BCUT2D eigenvalue weighted by molar-refractivity contribution is 6.28. The van der Waals surface area contributed by atoms with Gasteiger partial charge in [-0.1, -0.05) is 72.8 Å². The Bertz CT molecular complexity index is 2430. The molecule has 0 fully saturated rings. The van der Waals surface area contributed by atoms with Gasteiger partial charge in [-0.3, -0.25) is 0 Å². The number of hydrogen-bond acceptors (Lipinski definition) is 3. The maximum atomic E-state index is 13.5. The Hall–Kier alpha value is -6.32. The number of para-hydroxylation sites is 2. The molecule has 0 aromatic heterocycles. The Labute approximate surface area is 275 Å². The maximum absolute atomic E-state index is 13.5. The molecule has 0 atom stereocenters. The molecule has 8 rings (SSSR count). The quantitative estimate of drug-likeness (QED) is 0.171. The molecule has 0 saturated carbocycles. The Morgan fingerprint density at radius 2 is 0.833 bits per heavy atom. The van der Waals surface area contributed by atoms with Gasteiger partial charge in [0.25, 0.3) is 0 Å². The van der Waals surface area contributed by atoms with E-state index in [2.05, 4.69) is 65.6 Å². The second-order valence-electron chi connectivity index (χ2n) is 11.6. The topological polar surface area (TPSA) is 30.3 Å². The average molecular weight is 630 g/mol. The molecule has 0 aliphatic carbocycles. The van der Waals surface area contributed by atoms with Gasteiger partial charge in [0.2, 0.25) is 0 Å². The van der Waals surface area contributed by atoms with Crippen LogP contribution in [0.5, 0.6) is 0 Å². The van der Waals surface area contributed by atoms with Gasteiger partial charge in [0.15, 0.2) is 0 Å². The minimum atomic E-state index is -4.42. The molecule has 0 N–H and O–H groups in total. The molecule has 48 heavy (non-hydrogen) atoms. The monoisotopic (exact) mass is 629 g/mol. The molecule has 0 radical (unpaired) electrons. The number of benzene rings is 8. The van der Waals surface area contributed by atoms with Crippen LogP contribution in [0.15, 0.2) is 158 Å². The highest BCUT2D eigenvalue weighted by Gasteiger charge is 2.30. The molecule has 0 aliphatic rings. The third-order valence-electron chi connectivity index (χ3n) is 8.84. The summed E-state index contributed by atoms with van der Waals surface area (Å²) in [7, 11) is 0. The lowest BCUT2D eigenvalue weighted by atomic mass is 9.91. The third kappa shape index (κ3) is 4.94. The van der Waals surface area contributed by atoms with E-state index in [0.717, 1.165) is 72.9 Å². The van der Waals surface area contributed by atoms with Crippen molar-refractivity contribution in [1.82, 2.24) is 0 Å². The fraction of sp³-hybridized carbons (Fsp3) is 0.0238. The minimum absolute atomic E-state index is 0.589. The number of nitriles is 1. The van der Waals surface area contributed by atoms with E-state index in [-0.39, 0.29) is 0 Å². The Morgan fingerprint density at radius 1 is 0.438 bits per heavy atom. The normalized spacial score (nSPS) is 11.6. The molecule has 0 heterocycles. The van der Waals surface area contributed by atoms with E-state index in [1.54, 1.807) is 0 Å². The first kappa shape index (κ1) is 29.1. The zero-order valence-corrected chi connectivity index (χ0v) is 25.5. The molecule has 0 aliphatic heterocycles. The van der Waals surface area contributed by atoms with Gasteiger partial charge in [0, 0.05) is 33.5 Å². The number of hydrogen-bond donors (Lipinski definition) is 0. The molecule has 230 valence electrons. The molecular formula is C42H26F3N3. The predicted molar refractivity (Wildman–Crippen MR) is 189 cm³/mol. The molecular weight excluding hydrogens is 603 g/mol. The second-order valence-corrected chi connectivity index (χ2v) is 11.6. The van der Waals surface area contributed by atoms with Crippen molar-refractivity contribution in [2.75, 3.05) is 9.80 Å². The van der Waals surface area contributed by atoms with Crippen molar-refractivity contribution in [2.45, 2.75) is 6.18 Å². The number of halogens is 3. The van der Waals surface area contributed by atoms with E-state index in [0.29, 0.717) is 11.3 Å². The molecule has 3 nitrogen and oxygen atoms in total. The highest BCUT2D eigenvalue weighted by atomic mass is 19.4. The predicted octanol–water partition coefficient (Wildman–Crippen LogP) is 12.4. The SMILES string of the molecule is N#Cc1ccc(N(c2ccccc2)c2ccc3ccc4c(N(c5ccccc5)c5ccc(C(F)(F)F)cc5)ccc5ccc2c3c54)cc1. The lowest BCUT2D eigenvalue weighted by Crippen LogP contribution is -2.12. The fourth-order valence-corrected chi connectivity index (χ4v) is 6.65. The Kier molecular flexibility index (Phi) is 6.96. The molecule has 0 unspecified atom stereocenters. The van der Waals surface area contributed by atoms with Crippen molar-refractivity contribution < 1.29 is 13.2 Å². The first-order valence-corrected chi connectivity index (χ1v) is 15.5. The van der Waals surface area contributed by atoms with Crippen LogP contribution in [-0.4, -0.2) is 0 Å². The average Bonchev–Trinajstić information content (AvgIpc) is 3.13.